The van der Waals surface area contributed by atoms with Crippen molar-refractivity contribution in [3.05, 3.63) is 0 Å². The zero-order valence-corrected chi connectivity index (χ0v) is 6.71. The molecule has 1 N–H and O–H groups in total. The van der Waals surface area contributed by atoms with Crippen molar-refractivity contribution in [2.24, 2.45) is 0 Å². The van der Waals surface area contributed by atoms with Gasteiger partial charge in [0, 0.05) is 26.2 Å². The number of amidine groups is 1. The number of rotatable bonds is 1. The SMILES string of the molecule is CC(=N)N1CCN(C=O)CC1. The van der Waals surface area contributed by atoms with Crippen LogP contribution < -0.4 is 0 Å². The second kappa shape index (κ2) is 3.37. The Hall–Kier alpha value is -1.06. The highest BCUT2D eigenvalue weighted by Gasteiger charge is 2.14. The van der Waals surface area contributed by atoms with Crippen molar-refractivity contribution < 1.29 is 4.79 Å². The number of amides is 1. The van der Waals surface area contributed by atoms with E-state index in [0.29, 0.717) is 5.84 Å². The van der Waals surface area contributed by atoms with Crippen molar-refractivity contribution in [3.63, 3.8) is 0 Å². The lowest BCUT2D eigenvalue weighted by atomic mass is 10.3. The smallest absolute Gasteiger partial charge is 0.209 e. The number of nitrogens with zero attached hydrogens (tertiary/aromatic N) is 2. The minimum Gasteiger partial charge on any atom is -0.357 e. The number of hydrogen-bond donors (Lipinski definition) is 1. The van der Waals surface area contributed by atoms with Crippen LogP contribution in [0.4, 0.5) is 0 Å². The van der Waals surface area contributed by atoms with Crippen molar-refractivity contribution in [2.75, 3.05) is 26.2 Å². The molecule has 0 aliphatic carbocycles. The topological polar surface area (TPSA) is 47.4 Å². The molecule has 0 bridgehead atoms. The average molecular weight is 155 g/mol. The first-order valence-corrected chi connectivity index (χ1v) is 3.73. The van der Waals surface area contributed by atoms with Crippen LogP contribution >= 0.6 is 0 Å². The zero-order valence-electron chi connectivity index (χ0n) is 6.71. The number of nitrogens with one attached hydrogen (secondary N) is 1. The molecule has 0 aromatic carbocycles. The summed E-state index contributed by atoms with van der Waals surface area (Å²) in [6.45, 7) is 4.87. The van der Waals surface area contributed by atoms with E-state index in [1.165, 1.54) is 0 Å². The molecular formula is C7H13N3O. The molecule has 0 saturated carbocycles. The summed E-state index contributed by atoms with van der Waals surface area (Å²) >= 11 is 0. The fourth-order valence-corrected chi connectivity index (χ4v) is 1.16. The molecule has 0 aromatic heterocycles. The van der Waals surface area contributed by atoms with Gasteiger partial charge in [-0.25, -0.2) is 0 Å². The van der Waals surface area contributed by atoms with Crippen LogP contribution in [0, 0.1) is 5.41 Å². The van der Waals surface area contributed by atoms with Crippen LogP contribution in [0.25, 0.3) is 0 Å². The number of piperazine rings is 1. The molecule has 1 rings (SSSR count). The maximum atomic E-state index is 10.3. The Morgan fingerprint density at radius 3 is 2.27 bits per heavy atom. The molecule has 1 aliphatic rings. The molecule has 1 amide bonds. The molecule has 62 valence electrons. The van der Waals surface area contributed by atoms with Gasteiger partial charge in [0.1, 0.15) is 0 Å². The first kappa shape index (κ1) is 8.04. The third-order valence-electron chi connectivity index (χ3n) is 1.94. The van der Waals surface area contributed by atoms with E-state index in [-0.39, 0.29) is 0 Å². The first-order chi connectivity index (χ1) is 5.24. The van der Waals surface area contributed by atoms with Gasteiger partial charge >= 0.3 is 0 Å². The van der Waals surface area contributed by atoms with E-state index in [1.807, 2.05) is 4.90 Å². The van der Waals surface area contributed by atoms with Gasteiger partial charge in [0.2, 0.25) is 6.41 Å². The zero-order chi connectivity index (χ0) is 8.27. The van der Waals surface area contributed by atoms with E-state index < -0.39 is 0 Å². The second-order valence-electron chi connectivity index (χ2n) is 2.71. The predicted molar refractivity (Wildman–Crippen MR) is 42.6 cm³/mol. The van der Waals surface area contributed by atoms with Gasteiger partial charge in [0.25, 0.3) is 0 Å². The number of carbonyl (C=O) groups excluding carboxylic acids is 1. The minimum atomic E-state index is 0.593. The van der Waals surface area contributed by atoms with Crippen molar-refractivity contribution in [3.8, 4) is 0 Å². The molecule has 1 aliphatic heterocycles. The summed E-state index contributed by atoms with van der Waals surface area (Å²) in [6, 6.07) is 0. The van der Waals surface area contributed by atoms with Gasteiger partial charge in [-0.1, -0.05) is 0 Å². The summed E-state index contributed by atoms with van der Waals surface area (Å²) in [6.07, 6.45) is 0.872. The van der Waals surface area contributed by atoms with E-state index >= 15 is 0 Å². The molecule has 4 nitrogen and oxygen atoms in total. The number of hydrogen-bond acceptors (Lipinski definition) is 2. The van der Waals surface area contributed by atoms with Crippen LogP contribution in [-0.4, -0.2) is 48.2 Å². The molecule has 4 heteroatoms. The molecular weight excluding hydrogens is 142 g/mol. The van der Waals surface area contributed by atoms with Gasteiger partial charge in [0.05, 0.1) is 5.84 Å². The molecule has 0 atom stereocenters. The molecule has 0 spiro atoms. The van der Waals surface area contributed by atoms with E-state index in [0.717, 1.165) is 32.6 Å². The largest absolute Gasteiger partial charge is 0.357 e. The van der Waals surface area contributed by atoms with Gasteiger partial charge in [-0.3, -0.25) is 10.2 Å². The molecule has 1 saturated heterocycles. The second-order valence-corrected chi connectivity index (χ2v) is 2.71. The fourth-order valence-electron chi connectivity index (χ4n) is 1.16. The summed E-state index contributed by atoms with van der Waals surface area (Å²) in [5.74, 6) is 0.593. The lowest BCUT2D eigenvalue weighted by molar-refractivity contribution is -0.119. The van der Waals surface area contributed by atoms with Crippen molar-refractivity contribution >= 4 is 12.2 Å². The van der Waals surface area contributed by atoms with E-state index in [2.05, 4.69) is 0 Å². The Balaban J connectivity index is 2.35. The van der Waals surface area contributed by atoms with Crippen LogP contribution in [0.5, 0.6) is 0 Å². The average Bonchev–Trinajstić information content (AvgIpc) is 2.05. The van der Waals surface area contributed by atoms with E-state index in [4.69, 9.17) is 5.41 Å². The summed E-state index contributed by atoms with van der Waals surface area (Å²) in [7, 11) is 0. The van der Waals surface area contributed by atoms with Gasteiger partial charge in [-0.05, 0) is 6.92 Å². The van der Waals surface area contributed by atoms with Crippen LogP contribution in [0.1, 0.15) is 6.92 Å². The predicted octanol–water partition coefficient (Wildman–Crippen LogP) is -0.242. The summed E-state index contributed by atoms with van der Waals surface area (Å²) in [5, 5.41) is 7.33. The molecule has 1 heterocycles. The highest BCUT2D eigenvalue weighted by atomic mass is 16.1. The Labute approximate surface area is 66.3 Å². The minimum absolute atomic E-state index is 0.593. The summed E-state index contributed by atoms with van der Waals surface area (Å²) < 4.78 is 0. The Morgan fingerprint density at radius 2 is 1.91 bits per heavy atom. The van der Waals surface area contributed by atoms with Crippen LogP contribution in [-0.2, 0) is 4.79 Å². The highest BCUT2D eigenvalue weighted by Crippen LogP contribution is 1.98. The maximum absolute atomic E-state index is 10.3. The van der Waals surface area contributed by atoms with Crippen LogP contribution in [0.2, 0.25) is 0 Å². The lowest BCUT2D eigenvalue weighted by Crippen LogP contribution is -2.47. The monoisotopic (exact) mass is 155 g/mol. The van der Waals surface area contributed by atoms with E-state index in [9.17, 15) is 4.79 Å². The highest BCUT2D eigenvalue weighted by molar-refractivity contribution is 5.76. The molecule has 11 heavy (non-hydrogen) atoms. The van der Waals surface area contributed by atoms with Gasteiger partial charge < -0.3 is 9.80 Å². The number of carbonyl (C=O) groups is 1. The Bertz CT molecular complexity index is 161. The van der Waals surface area contributed by atoms with Gasteiger partial charge in [-0.15, -0.1) is 0 Å². The third kappa shape index (κ3) is 1.93. The van der Waals surface area contributed by atoms with Crippen molar-refractivity contribution in [1.82, 2.24) is 9.80 Å². The molecule has 1 fully saturated rings. The maximum Gasteiger partial charge on any atom is 0.209 e. The van der Waals surface area contributed by atoms with Gasteiger partial charge in [-0.2, -0.15) is 0 Å². The standard InChI is InChI=1S/C7H13N3O/c1-7(8)10-4-2-9(6-11)3-5-10/h6,8H,2-5H2,1H3. The fraction of sp³-hybridized carbons (Fsp3) is 0.714. The first-order valence-electron chi connectivity index (χ1n) is 3.73. The van der Waals surface area contributed by atoms with Crippen molar-refractivity contribution in [2.45, 2.75) is 6.92 Å². The van der Waals surface area contributed by atoms with E-state index in [1.54, 1.807) is 11.8 Å². The summed E-state index contributed by atoms with van der Waals surface area (Å²) in [4.78, 5) is 14.0. The molecule has 0 radical (unpaired) electrons. The lowest BCUT2D eigenvalue weighted by Gasteiger charge is -2.33. The Morgan fingerprint density at radius 1 is 1.36 bits per heavy atom. The van der Waals surface area contributed by atoms with Crippen LogP contribution in [0.15, 0.2) is 0 Å². The normalized spacial score (nSPS) is 18.3. The Kier molecular flexibility index (Phi) is 2.46. The van der Waals surface area contributed by atoms with Crippen molar-refractivity contribution in [1.29, 1.82) is 5.41 Å². The molecule has 0 unspecified atom stereocenters. The quantitative estimate of drug-likeness (QED) is 0.322. The van der Waals surface area contributed by atoms with Gasteiger partial charge in [0.15, 0.2) is 0 Å². The molecule has 0 aromatic rings. The summed E-state index contributed by atoms with van der Waals surface area (Å²) in [5.41, 5.74) is 0. The van der Waals surface area contributed by atoms with Crippen LogP contribution in [0.3, 0.4) is 0 Å². The third-order valence-corrected chi connectivity index (χ3v) is 1.94.